The lowest BCUT2D eigenvalue weighted by atomic mass is 9.86. The number of carbonyl (C=O) groups excluding carboxylic acids is 2. The SMILES string of the molecule is CNC(=O)c1cccc(-c2ccc3c(c2)C(=O)NC[C@H]2CNC[C@H]32)c1. The number of rotatable bonds is 2. The maximum Gasteiger partial charge on any atom is 0.251 e. The third-order valence-electron chi connectivity index (χ3n) is 5.25. The molecule has 1 saturated heterocycles. The van der Waals surface area contributed by atoms with E-state index in [1.165, 1.54) is 0 Å². The minimum atomic E-state index is -0.116. The molecule has 0 radical (unpaired) electrons. The highest BCUT2D eigenvalue weighted by molar-refractivity contribution is 5.98. The molecule has 0 saturated carbocycles. The van der Waals surface area contributed by atoms with E-state index >= 15 is 0 Å². The zero-order chi connectivity index (χ0) is 17.4. The van der Waals surface area contributed by atoms with Crippen LogP contribution in [0.4, 0.5) is 0 Å². The van der Waals surface area contributed by atoms with Gasteiger partial charge in [0.1, 0.15) is 0 Å². The normalized spacial score (nSPS) is 21.7. The molecule has 2 aliphatic rings. The molecule has 5 nitrogen and oxygen atoms in total. The van der Waals surface area contributed by atoms with Crippen LogP contribution in [0, 0.1) is 5.92 Å². The van der Waals surface area contributed by atoms with E-state index in [1.807, 2.05) is 24.3 Å². The summed E-state index contributed by atoms with van der Waals surface area (Å²) in [6.45, 7) is 2.57. The van der Waals surface area contributed by atoms with Gasteiger partial charge in [0.2, 0.25) is 0 Å². The molecule has 128 valence electrons. The van der Waals surface area contributed by atoms with Gasteiger partial charge in [-0.1, -0.05) is 24.3 Å². The van der Waals surface area contributed by atoms with Gasteiger partial charge in [0.25, 0.3) is 11.8 Å². The first-order chi connectivity index (χ1) is 12.2. The molecule has 2 aromatic rings. The van der Waals surface area contributed by atoms with Gasteiger partial charge >= 0.3 is 0 Å². The number of nitrogens with one attached hydrogen (secondary N) is 3. The lowest BCUT2D eigenvalue weighted by molar-refractivity contribution is 0.0948. The monoisotopic (exact) mass is 335 g/mol. The van der Waals surface area contributed by atoms with E-state index in [0.717, 1.165) is 35.3 Å². The van der Waals surface area contributed by atoms with Gasteiger partial charge in [-0.25, -0.2) is 0 Å². The van der Waals surface area contributed by atoms with Crippen molar-refractivity contribution in [3.63, 3.8) is 0 Å². The van der Waals surface area contributed by atoms with Gasteiger partial charge in [-0.3, -0.25) is 9.59 Å². The summed E-state index contributed by atoms with van der Waals surface area (Å²) in [7, 11) is 1.62. The van der Waals surface area contributed by atoms with Crippen LogP contribution in [-0.4, -0.2) is 38.5 Å². The smallest absolute Gasteiger partial charge is 0.251 e. The van der Waals surface area contributed by atoms with Crippen LogP contribution < -0.4 is 16.0 Å². The van der Waals surface area contributed by atoms with E-state index in [-0.39, 0.29) is 11.8 Å². The van der Waals surface area contributed by atoms with E-state index in [2.05, 4.69) is 28.1 Å². The average Bonchev–Trinajstić information content (AvgIpc) is 3.08. The molecular weight excluding hydrogens is 314 g/mol. The molecule has 2 heterocycles. The first-order valence-corrected chi connectivity index (χ1v) is 8.63. The first-order valence-electron chi connectivity index (χ1n) is 8.63. The Morgan fingerprint density at radius 3 is 2.76 bits per heavy atom. The second kappa shape index (κ2) is 6.33. The number of amides is 2. The number of fused-ring (bicyclic) bond motifs is 3. The zero-order valence-electron chi connectivity index (χ0n) is 14.1. The summed E-state index contributed by atoms with van der Waals surface area (Å²) in [6.07, 6.45) is 0. The van der Waals surface area contributed by atoms with Crippen LogP contribution in [-0.2, 0) is 0 Å². The summed E-state index contributed by atoms with van der Waals surface area (Å²) < 4.78 is 0. The van der Waals surface area contributed by atoms with Crippen molar-refractivity contribution in [2.75, 3.05) is 26.7 Å². The predicted molar refractivity (Wildman–Crippen MR) is 96.7 cm³/mol. The highest BCUT2D eigenvalue weighted by atomic mass is 16.2. The third kappa shape index (κ3) is 2.81. The Labute approximate surface area is 146 Å². The van der Waals surface area contributed by atoms with Crippen LogP contribution in [0.2, 0.25) is 0 Å². The van der Waals surface area contributed by atoms with Gasteiger partial charge in [0.15, 0.2) is 0 Å². The van der Waals surface area contributed by atoms with E-state index in [4.69, 9.17) is 0 Å². The topological polar surface area (TPSA) is 70.2 Å². The molecule has 25 heavy (non-hydrogen) atoms. The van der Waals surface area contributed by atoms with Crippen LogP contribution in [0.1, 0.15) is 32.2 Å². The molecule has 0 aromatic heterocycles. The third-order valence-corrected chi connectivity index (χ3v) is 5.25. The van der Waals surface area contributed by atoms with Gasteiger partial charge in [-0.05, 0) is 40.8 Å². The Balaban J connectivity index is 1.76. The van der Waals surface area contributed by atoms with Crippen molar-refractivity contribution < 1.29 is 9.59 Å². The molecule has 0 unspecified atom stereocenters. The van der Waals surface area contributed by atoms with Crippen molar-refractivity contribution in [1.29, 1.82) is 0 Å². The second-order valence-electron chi connectivity index (χ2n) is 6.70. The molecule has 5 heteroatoms. The molecule has 2 amide bonds. The molecule has 2 aromatic carbocycles. The quantitative estimate of drug-likeness (QED) is 0.783. The molecular formula is C20H21N3O2. The first kappa shape index (κ1) is 15.8. The minimum Gasteiger partial charge on any atom is -0.355 e. The van der Waals surface area contributed by atoms with Gasteiger partial charge in [-0.2, -0.15) is 0 Å². The summed E-state index contributed by atoms with van der Waals surface area (Å²) in [5, 5.41) is 9.11. The Morgan fingerprint density at radius 2 is 1.92 bits per heavy atom. The Hall–Kier alpha value is -2.66. The molecule has 4 rings (SSSR count). The molecule has 2 aliphatic heterocycles. The van der Waals surface area contributed by atoms with Crippen LogP contribution in [0.5, 0.6) is 0 Å². The lowest BCUT2D eigenvalue weighted by Crippen LogP contribution is -2.28. The fraction of sp³-hybridized carbons (Fsp3) is 0.300. The van der Waals surface area contributed by atoms with Crippen LogP contribution in [0.15, 0.2) is 42.5 Å². The minimum absolute atomic E-state index is 0.00583. The van der Waals surface area contributed by atoms with Crippen LogP contribution >= 0.6 is 0 Å². The van der Waals surface area contributed by atoms with Gasteiger partial charge < -0.3 is 16.0 Å². The molecule has 0 spiro atoms. The van der Waals surface area contributed by atoms with E-state index in [0.29, 0.717) is 23.9 Å². The maximum atomic E-state index is 12.5. The second-order valence-corrected chi connectivity index (χ2v) is 6.70. The Morgan fingerprint density at radius 1 is 1.08 bits per heavy atom. The average molecular weight is 335 g/mol. The van der Waals surface area contributed by atoms with E-state index < -0.39 is 0 Å². The maximum absolute atomic E-state index is 12.5. The molecule has 1 fully saturated rings. The standard InChI is InChI=1S/C20H21N3O2/c1-21-19(24)14-4-2-3-12(7-14)13-5-6-16-17(8-13)20(25)23-10-15-9-22-11-18(15)16/h2-8,15,18,22H,9-11H2,1H3,(H,21,24)(H,23,25)/t15-,18+/m1/s1. The zero-order valence-corrected chi connectivity index (χ0v) is 14.1. The number of carbonyl (C=O) groups is 2. The van der Waals surface area contributed by atoms with E-state index in [1.54, 1.807) is 13.1 Å². The number of hydrogen-bond donors (Lipinski definition) is 3. The van der Waals surface area contributed by atoms with E-state index in [9.17, 15) is 9.59 Å². The van der Waals surface area contributed by atoms with Crippen molar-refractivity contribution in [2.45, 2.75) is 5.92 Å². The highest BCUT2D eigenvalue weighted by Gasteiger charge is 2.34. The fourth-order valence-electron chi connectivity index (χ4n) is 3.87. The Kier molecular flexibility index (Phi) is 4.01. The summed E-state index contributed by atoms with van der Waals surface area (Å²) in [4.78, 5) is 24.4. The van der Waals surface area contributed by atoms with Gasteiger partial charge in [0, 0.05) is 43.7 Å². The van der Waals surface area contributed by atoms with Crippen molar-refractivity contribution >= 4 is 11.8 Å². The number of benzene rings is 2. The van der Waals surface area contributed by atoms with Crippen molar-refractivity contribution in [3.05, 3.63) is 59.2 Å². The molecule has 3 N–H and O–H groups in total. The van der Waals surface area contributed by atoms with Crippen LogP contribution in [0.3, 0.4) is 0 Å². The molecule has 0 aliphatic carbocycles. The molecule has 0 bridgehead atoms. The predicted octanol–water partition coefficient (Wildman–Crippen LogP) is 1.76. The lowest BCUT2D eigenvalue weighted by Gasteiger charge is -2.17. The highest BCUT2D eigenvalue weighted by Crippen LogP contribution is 2.34. The van der Waals surface area contributed by atoms with Crippen molar-refractivity contribution in [1.82, 2.24) is 16.0 Å². The number of hydrogen-bond acceptors (Lipinski definition) is 3. The van der Waals surface area contributed by atoms with Gasteiger partial charge in [0.05, 0.1) is 0 Å². The summed E-state index contributed by atoms with van der Waals surface area (Å²) in [5.74, 6) is 0.704. The van der Waals surface area contributed by atoms with Crippen molar-refractivity contribution in [2.24, 2.45) is 5.92 Å². The largest absolute Gasteiger partial charge is 0.355 e. The molecule has 2 atom stereocenters. The van der Waals surface area contributed by atoms with Crippen molar-refractivity contribution in [3.8, 4) is 11.1 Å². The summed E-state index contributed by atoms with van der Waals surface area (Å²) >= 11 is 0. The van der Waals surface area contributed by atoms with Gasteiger partial charge in [-0.15, -0.1) is 0 Å². The Bertz CT molecular complexity index is 847. The summed E-state index contributed by atoms with van der Waals surface area (Å²) in [6, 6.07) is 13.5. The fourth-order valence-corrected chi connectivity index (χ4v) is 3.87. The summed E-state index contributed by atoms with van der Waals surface area (Å²) in [5.41, 5.74) is 4.36. The van der Waals surface area contributed by atoms with Crippen LogP contribution in [0.25, 0.3) is 11.1 Å².